The van der Waals surface area contributed by atoms with Gasteiger partial charge in [-0.3, -0.25) is 9.47 Å². The summed E-state index contributed by atoms with van der Waals surface area (Å²) in [5, 5.41) is 1.15. The molecule has 0 amide bonds. The largest absolute Gasteiger partial charge is 0.443 e. The normalized spacial score (nSPS) is 30.5. The maximum atomic E-state index is 12.6. The minimum absolute atomic E-state index is 0.313. The number of fused-ring (bicyclic) bond motifs is 6. The van der Waals surface area contributed by atoms with E-state index in [9.17, 15) is 4.79 Å². The molecule has 3 aliphatic heterocycles. The molecule has 0 radical (unpaired) electrons. The van der Waals surface area contributed by atoms with Crippen molar-refractivity contribution in [1.29, 1.82) is 0 Å². The molecule has 26 heavy (non-hydrogen) atoms. The topological polar surface area (TPSA) is 37.5 Å². The molecule has 3 fully saturated rings. The lowest BCUT2D eigenvalue weighted by Gasteiger charge is -2.36. The third-order valence-electron chi connectivity index (χ3n) is 6.32. The molecule has 5 heteroatoms. The lowest BCUT2D eigenvalue weighted by Crippen LogP contribution is -2.45. The molecule has 4 atom stereocenters. The van der Waals surface area contributed by atoms with Gasteiger partial charge in [0.2, 0.25) is 0 Å². The smallest absolute Gasteiger partial charge is 0.418 e. The van der Waals surface area contributed by atoms with Gasteiger partial charge in [-0.2, -0.15) is 0 Å². The first-order valence-electron chi connectivity index (χ1n) is 9.70. The summed E-state index contributed by atoms with van der Waals surface area (Å²) >= 11 is 0. The maximum Gasteiger partial charge on any atom is 0.418 e. The standard InChI is InChI=1S/C21H27N3O2/c1-21(2,3)26-20(25)23-12-11-13-14(23)7-5-8-15(13)24-18-16-9-6-10-17(19(18)24)22(16)4/h5,7-8,11-12,16-19H,6,9-10H2,1-4H3/t16-,17+,18-,19+,24?. The fourth-order valence-corrected chi connectivity index (χ4v) is 5.28. The Morgan fingerprint density at radius 2 is 1.81 bits per heavy atom. The average molecular weight is 353 g/mol. The van der Waals surface area contributed by atoms with Crippen molar-refractivity contribution in [2.24, 2.45) is 0 Å². The molecule has 0 aliphatic carbocycles. The molecule has 1 aromatic carbocycles. The Bertz CT molecular complexity index is 863. The highest BCUT2D eigenvalue weighted by Crippen LogP contribution is 2.53. The van der Waals surface area contributed by atoms with Crippen LogP contribution in [0, 0.1) is 0 Å². The van der Waals surface area contributed by atoms with Gasteiger partial charge in [0.25, 0.3) is 0 Å². The van der Waals surface area contributed by atoms with Crippen LogP contribution in [0.1, 0.15) is 40.0 Å². The summed E-state index contributed by atoms with van der Waals surface area (Å²) in [6.07, 6.45) is 5.50. The second-order valence-corrected chi connectivity index (χ2v) is 9.00. The average Bonchev–Trinajstić information content (AvgIpc) is 3.08. The first-order valence-corrected chi connectivity index (χ1v) is 9.70. The number of aromatic nitrogens is 1. The zero-order chi connectivity index (χ0) is 18.2. The van der Waals surface area contributed by atoms with Gasteiger partial charge in [0.05, 0.1) is 17.6 Å². The van der Waals surface area contributed by atoms with Gasteiger partial charge in [-0.05, 0) is 58.9 Å². The summed E-state index contributed by atoms with van der Waals surface area (Å²) in [7, 11) is 2.29. The van der Waals surface area contributed by atoms with Crippen molar-refractivity contribution in [3.63, 3.8) is 0 Å². The molecular weight excluding hydrogens is 326 g/mol. The van der Waals surface area contributed by atoms with Crippen LogP contribution in [0.4, 0.5) is 10.5 Å². The Morgan fingerprint density at radius 1 is 1.12 bits per heavy atom. The molecule has 3 saturated heterocycles. The molecule has 2 aromatic rings. The van der Waals surface area contributed by atoms with Gasteiger partial charge < -0.3 is 9.64 Å². The van der Waals surface area contributed by atoms with Crippen molar-refractivity contribution in [1.82, 2.24) is 9.47 Å². The summed E-state index contributed by atoms with van der Waals surface area (Å²) in [6, 6.07) is 11.0. The molecule has 5 rings (SSSR count). The molecule has 1 aromatic heterocycles. The number of benzene rings is 1. The fraction of sp³-hybridized carbons (Fsp3) is 0.571. The lowest BCUT2D eigenvalue weighted by atomic mass is 10.0. The number of carbonyl (C=O) groups is 1. The second-order valence-electron chi connectivity index (χ2n) is 9.00. The Balaban J connectivity index is 1.49. The van der Waals surface area contributed by atoms with Crippen LogP contribution < -0.4 is 4.90 Å². The zero-order valence-corrected chi connectivity index (χ0v) is 16.0. The second kappa shape index (κ2) is 5.26. The van der Waals surface area contributed by atoms with E-state index in [1.165, 1.54) is 24.9 Å². The molecule has 0 spiro atoms. The van der Waals surface area contributed by atoms with Crippen LogP contribution in [0.5, 0.6) is 0 Å². The van der Waals surface area contributed by atoms with Crippen LogP contribution in [0.2, 0.25) is 0 Å². The van der Waals surface area contributed by atoms with Crippen molar-refractivity contribution < 1.29 is 9.53 Å². The molecule has 2 bridgehead atoms. The van der Waals surface area contributed by atoms with Crippen LogP contribution in [0.25, 0.3) is 10.9 Å². The molecule has 138 valence electrons. The van der Waals surface area contributed by atoms with Crippen molar-refractivity contribution in [2.45, 2.75) is 69.8 Å². The van der Waals surface area contributed by atoms with Crippen LogP contribution in [-0.2, 0) is 4.74 Å². The van der Waals surface area contributed by atoms with E-state index >= 15 is 0 Å². The monoisotopic (exact) mass is 353 g/mol. The van der Waals surface area contributed by atoms with Crippen molar-refractivity contribution in [2.75, 3.05) is 11.9 Å². The SMILES string of the molecule is CN1[C@@H]2CCC[C@H]1[C@H]1[C@@H]2N1c1cccc2c1ccn2C(=O)OC(C)(C)C. The number of piperazine rings is 1. The number of nitrogens with zero attached hydrogens (tertiary/aromatic N) is 3. The minimum atomic E-state index is -0.496. The predicted octanol–water partition coefficient (Wildman–Crippen LogP) is 3.85. The molecule has 0 saturated carbocycles. The number of ether oxygens (including phenoxy) is 1. The quantitative estimate of drug-likeness (QED) is 0.730. The van der Waals surface area contributed by atoms with Crippen molar-refractivity contribution in [3.05, 3.63) is 30.5 Å². The van der Waals surface area contributed by atoms with E-state index < -0.39 is 5.60 Å². The minimum Gasteiger partial charge on any atom is -0.443 e. The molecule has 4 heterocycles. The highest BCUT2D eigenvalue weighted by Gasteiger charge is 2.65. The van der Waals surface area contributed by atoms with Crippen LogP contribution in [0.15, 0.2) is 30.5 Å². The van der Waals surface area contributed by atoms with E-state index in [2.05, 4.69) is 35.0 Å². The predicted molar refractivity (Wildman–Crippen MR) is 103 cm³/mol. The number of hydrogen-bond acceptors (Lipinski definition) is 4. The Labute approximate surface area is 154 Å². The number of hydrogen-bond donors (Lipinski definition) is 0. The first-order chi connectivity index (χ1) is 12.4. The van der Waals surface area contributed by atoms with Crippen molar-refractivity contribution >= 4 is 22.7 Å². The third-order valence-corrected chi connectivity index (χ3v) is 6.32. The lowest BCUT2D eigenvalue weighted by molar-refractivity contribution is 0.0544. The van der Waals surface area contributed by atoms with Gasteiger partial charge in [-0.25, -0.2) is 4.79 Å². The summed E-state index contributed by atoms with van der Waals surface area (Å²) in [5.41, 5.74) is 1.70. The van der Waals surface area contributed by atoms with Gasteiger partial charge >= 0.3 is 6.09 Å². The van der Waals surface area contributed by atoms with E-state index in [0.717, 1.165) is 10.9 Å². The molecular formula is C21H27N3O2. The summed E-state index contributed by atoms with van der Waals surface area (Å²) < 4.78 is 7.19. The number of piperidine rings is 1. The molecule has 3 aliphatic rings. The van der Waals surface area contributed by atoms with Gasteiger partial charge in [0.1, 0.15) is 5.60 Å². The number of carbonyl (C=O) groups excluding carboxylic acids is 1. The number of anilines is 1. The summed E-state index contributed by atoms with van der Waals surface area (Å²) in [5.74, 6) is 0. The van der Waals surface area contributed by atoms with E-state index in [1.54, 1.807) is 4.57 Å². The van der Waals surface area contributed by atoms with Gasteiger partial charge in [-0.15, -0.1) is 0 Å². The molecule has 0 N–H and O–H groups in total. The highest BCUT2D eigenvalue weighted by atomic mass is 16.6. The van der Waals surface area contributed by atoms with E-state index in [0.29, 0.717) is 24.2 Å². The van der Waals surface area contributed by atoms with Gasteiger partial charge in [0, 0.05) is 29.4 Å². The summed E-state index contributed by atoms with van der Waals surface area (Å²) in [4.78, 5) is 17.7. The molecule has 5 nitrogen and oxygen atoms in total. The fourth-order valence-electron chi connectivity index (χ4n) is 5.28. The Morgan fingerprint density at radius 3 is 2.46 bits per heavy atom. The Kier molecular flexibility index (Phi) is 3.27. The van der Waals surface area contributed by atoms with Crippen molar-refractivity contribution in [3.8, 4) is 0 Å². The number of likely N-dealkylation sites (N-methyl/N-ethyl adjacent to an activating group) is 1. The maximum absolute atomic E-state index is 12.6. The first kappa shape index (κ1) is 16.2. The summed E-state index contributed by atoms with van der Waals surface area (Å²) in [6.45, 7) is 5.69. The highest BCUT2D eigenvalue weighted by molar-refractivity contribution is 5.98. The van der Waals surface area contributed by atoms with Crippen LogP contribution in [-0.4, -0.2) is 52.4 Å². The van der Waals surface area contributed by atoms with Crippen LogP contribution in [0.3, 0.4) is 0 Å². The molecule has 0 unspecified atom stereocenters. The Hall–Kier alpha value is -2.01. The van der Waals surface area contributed by atoms with Crippen LogP contribution >= 0.6 is 0 Å². The van der Waals surface area contributed by atoms with E-state index in [4.69, 9.17) is 4.74 Å². The third kappa shape index (κ3) is 2.22. The van der Waals surface area contributed by atoms with Gasteiger partial charge in [-0.1, -0.05) is 12.5 Å². The zero-order valence-electron chi connectivity index (χ0n) is 16.0. The van der Waals surface area contributed by atoms with Gasteiger partial charge in [0.15, 0.2) is 0 Å². The number of rotatable bonds is 1. The van der Waals surface area contributed by atoms with E-state index in [1.807, 2.05) is 33.0 Å². The van der Waals surface area contributed by atoms with E-state index in [-0.39, 0.29) is 6.09 Å².